The third-order valence-electron chi connectivity index (χ3n) is 2.68. The number of rotatable bonds is 5. The molecule has 0 fully saturated rings. The maximum absolute atomic E-state index is 10.6. The van der Waals surface area contributed by atoms with Crippen molar-refractivity contribution in [3.8, 4) is 5.75 Å². The third-order valence-corrected chi connectivity index (χ3v) is 3.17. The summed E-state index contributed by atoms with van der Waals surface area (Å²) in [5.74, 6) is -0.467. The van der Waals surface area contributed by atoms with Crippen LogP contribution in [0, 0.1) is 0 Å². The van der Waals surface area contributed by atoms with Crippen molar-refractivity contribution in [3.05, 3.63) is 69.7 Å². The lowest BCUT2D eigenvalue weighted by atomic mass is 10.2. The zero-order valence-electron chi connectivity index (χ0n) is 10.9. The summed E-state index contributed by atoms with van der Waals surface area (Å²) in [6.45, 7) is 0.354. The minimum absolute atomic E-state index is 0.354. The van der Waals surface area contributed by atoms with E-state index >= 15 is 0 Å². The van der Waals surface area contributed by atoms with Gasteiger partial charge in [-0.25, -0.2) is 4.79 Å². The summed E-state index contributed by atoms with van der Waals surface area (Å²) >= 11 is 11.7. The summed E-state index contributed by atoms with van der Waals surface area (Å²) in [5.41, 5.74) is 1.57. The van der Waals surface area contributed by atoms with Gasteiger partial charge in [0.2, 0.25) is 0 Å². The highest BCUT2D eigenvalue weighted by Gasteiger charge is 2.04. The number of aliphatic carboxylic acids is 1. The van der Waals surface area contributed by atoms with Crippen molar-refractivity contribution in [1.29, 1.82) is 0 Å². The fourth-order valence-corrected chi connectivity index (χ4v) is 1.99. The standard InChI is InChI=1S/C16H12Cl2O3/c17-13-4-1-11(2-5-13)10-21-15-7-6-14(18)9-12(15)3-8-16(19)20/h1-9H,10H2,(H,19,20)/b8-3+. The van der Waals surface area contributed by atoms with Gasteiger partial charge in [0, 0.05) is 21.7 Å². The summed E-state index contributed by atoms with van der Waals surface area (Å²) in [6, 6.07) is 12.4. The van der Waals surface area contributed by atoms with Crippen molar-refractivity contribution in [3.63, 3.8) is 0 Å². The Morgan fingerprint density at radius 2 is 1.76 bits per heavy atom. The van der Waals surface area contributed by atoms with E-state index in [1.165, 1.54) is 6.08 Å². The van der Waals surface area contributed by atoms with Crippen LogP contribution < -0.4 is 4.74 Å². The Morgan fingerprint density at radius 1 is 1.10 bits per heavy atom. The maximum Gasteiger partial charge on any atom is 0.328 e. The quantitative estimate of drug-likeness (QED) is 0.813. The fourth-order valence-electron chi connectivity index (χ4n) is 1.68. The molecule has 0 aliphatic rings. The molecule has 0 radical (unpaired) electrons. The first-order chi connectivity index (χ1) is 10.0. The van der Waals surface area contributed by atoms with Gasteiger partial charge < -0.3 is 9.84 Å². The number of carbonyl (C=O) groups is 1. The minimum Gasteiger partial charge on any atom is -0.488 e. The number of benzene rings is 2. The number of carboxylic acid groups (broad SMARTS) is 1. The molecular formula is C16H12Cl2O3. The molecule has 2 aromatic rings. The number of hydrogen-bond donors (Lipinski definition) is 1. The molecule has 0 saturated heterocycles. The zero-order valence-corrected chi connectivity index (χ0v) is 12.4. The average molecular weight is 323 g/mol. The average Bonchev–Trinajstić information content (AvgIpc) is 2.45. The van der Waals surface area contributed by atoms with E-state index in [1.807, 2.05) is 12.1 Å². The Bertz CT molecular complexity index is 664. The summed E-state index contributed by atoms with van der Waals surface area (Å²) in [6.07, 6.45) is 2.49. The largest absolute Gasteiger partial charge is 0.488 e. The number of ether oxygens (including phenoxy) is 1. The van der Waals surface area contributed by atoms with Crippen molar-refractivity contribution in [2.75, 3.05) is 0 Å². The van der Waals surface area contributed by atoms with Crippen molar-refractivity contribution in [1.82, 2.24) is 0 Å². The molecule has 21 heavy (non-hydrogen) atoms. The maximum atomic E-state index is 10.6. The molecule has 0 aromatic heterocycles. The molecule has 0 aliphatic heterocycles. The van der Waals surface area contributed by atoms with Crippen LogP contribution in [0.4, 0.5) is 0 Å². The van der Waals surface area contributed by atoms with Crippen molar-refractivity contribution >= 4 is 35.2 Å². The molecule has 0 amide bonds. The van der Waals surface area contributed by atoms with Crippen molar-refractivity contribution < 1.29 is 14.6 Å². The molecule has 0 aliphatic carbocycles. The van der Waals surface area contributed by atoms with Crippen LogP contribution in [0.15, 0.2) is 48.5 Å². The van der Waals surface area contributed by atoms with Gasteiger partial charge in [-0.3, -0.25) is 0 Å². The normalized spacial score (nSPS) is 10.8. The molecule has 0 unspecified atom stereocenters. The zero-order chi connectivity index (χ0) is 15.2. The molecule has 0 bridgehead atoms. The van der Waals surface area contributed by atoms with E-state index in [9.17, 15) is 4.79 Å². The first-order valence-electron chi connectivity index (χ1n) is 6.12. The molecule has 0 spiro atoms. The van der Waals surface area contributed by atoms with Gasteiger partial charge in [0.05, 0.1) is 0 Å². The van der Waals surface area contributed by atoms with E-state index in [4.69, 9.17) is 33.0 Å². The lowest BCUT2D eigenvalue weighted by Gasteiger charge is -2.10. The van der Waals surface area contributed by atoms with E-state index in [-0.39, 0.29) is 0 Å². The molecule has 1 N–H and O–H groups in total. The Labute approximate surface area is 132 Å². The van der Waals surface area contributed by atoms with Crippen LogP contribution in [-0.2, 0) is 11.4 Å². The van der Waals surface area contributed by atoms with Crippen molar-refractivity contribution in [2.24, 2.45) is 0 Å². The van der Waals surface area contributed by atoms with Gasteiger partial charge >= 0.3 is 5.97 Å². The highest BCUT2D eigenvalue weighted by molar-refractivity contribution is 6.31. The molecule has 0 heterocycles. The van der Waals surface area contributed by atoms with Crippen LogP contribution in [0.3, 0.4) is 0 Å². The molecule has 5 heteroatoms. The van der Waals surface area contributed by atoms with Gasteiger partial charge in [-0.15, -0.1) is 0 Å². The Hall–Kier alpha value is -1.97. The molecule has 3 nitrogen and oxygen atoms in total. The summed E-state index contributed by atoms with van der Waals surface area (Å²) in [7, 11) is 0. The van der Waals surface area contributed by atoms with Crippen LogP contribution >= 0.6 is 23.2 Å². The summed E-state index contributed by atoms with van der Waals surface area (Å²) < 4.78 is 5.70. The first-order valence-corrected chi connectivity index (χ1v) is 6.88. The monoisotopic (exact) mass is 322 g/mol. The smallest absolute Gasteiger partial charge is 0.328 e. The minimum atomic E-state index is -1.03. The predicted octanol–water partition coefficient (Wildman–Crippen LogP) is 4.67. The van der Waals surface area contributed by atoms with E-state index in [0.717, 1.165) is 11.6 Å². The van der Waals surface area contributed by atoms with Crippen LogP contribution in [0.1, 0.15) is 11.1 Å². The first kappa shape index (κ1) is 15.4. The molecule has 0 atom stereocenters. The molecular weight excluding hydrogens is 311 g/mol. The Morgan fingerprint density at radius 3 is 2.43 bits per heavy atom. The fraction of sp³-hybridized carbons (Fsp3) is 0.0625. The predicted molar refractivity (Wildman–Crippen MR) is 83.9 cm³/mol. The summed E-state index contributed by atoms with van der Waals surface area (Å²) in [5, 5.41) is 9.87. The highest BCUT2D eigenvalue weighted by atomic mass is 35.5. The van der Waals surface area contributed by atoms with E-state index < -0.39 is 5.97 Å². The number of carboxylic acids is 1. The van der Waals surface area contributed by atoms with Crippen LogP contribution in [0.5, 0.6) is 5.75 Å². The van der Waals surface area contributed by atoms with Gasteiger partial charge in [0.15, 0.2) is 0 Å². The molecule has 2 rings (SSSR count). The molecule has 108 valence electrons. The lowest BCUT2D eigenvalue weighted by molar-refractivity contribution is -0.131. The van der Waals surface area contributed by atoms with Gasteiger partial charge in [-0.2, -0.15) is 0 Å². The van der Waals surface area contributed by atoms with Crippen molar-refractivity contribution in [2.45, 2.75) is 6.61 Å². The summed E-state index contributed by atoms with van der Waals surface area (Å²) in [4.78, 5) is 10.6. The second-order valence-electron chi connectivity index (χ2n) is 4.27. The van der Waals surface area contributed by atoms with Gasteiger partial charge in [0.1, 0.15) is 12.4 Å². The van der Waals surface area contributed by atoms with Crippen LogP contribution in [0.25, 0.3) is 6.08 Å². The number of hydrogen-bond acceptors (Lipinski definition) is 2. The van der Waals surface area contributed by atoms with E-state index in [2.05, 4.69) is 0 Å². The van der Waals surface area contributed by atoms with E-state index in [0.29, 0.717) is 28.0 Å². The lowest BCUT2D eigenvalue weighted by Crippen LogP contribution is -1.97. The van der Waals surface area contributed by atoms with Gasteiger partial charge in [0.25, 0.3) is 0 Å². The number of halogens is 2. The highest BCUT2D eigenvalue weighted by Crippen LogP contribution is 2.25. The van der Waals surface area contributed by atoms with Crippen LogP contribution in [-0.4, -0.2) is 11.1 Å². The van der Waals surface area contributed by atoms with Gasteiger partial charge in [-0.05, 0) is 42.0 Å². The van der Waals surface area contributed by atoms with Gasteiger partial charge in [-0.1, -0.05) is 35.3 Å². The SMILES string of the molecule is O=C(O)/C=C/c1cc(Cl)ccc1OCc1ccc(Cl)cc1. The second-order valence-corrected chi connectivity index (χ2v) is 5.14. The Balaban J connectivity index is 2.15. The molecule has 0 saturated carbocycles. The van der Waals surface area contributed by atoms with E-state index in [1.54, 1.807) is 30.3 Å². The second kappa shape index (κ2) is 7.16. The molecule has 2 aromatic carbocycles. The third kappa shape index (κ3) is 4.81. The van der Waals surface area contributed by atoms with Crippen LogP contribution in [0.2, 0.25) is 10.0 Å². The topological polar surface area (TPSA) is 46.5 Å². The Kier molecular flexibility index (Phi) is 5.26.